The Morgan fingerprint density at radius 3 is 1.43 bits per heavy atom. The summed E-state index contributed by atoms with van der Waals surface area (Å²) in [7, 11) is 0. The number of benzene rings is 7. The number of anilines is 6. The Balaban J connectivity index is 1.25. The van der Waals surface area contributed by atoms with Gasteiger partial charge in [0.2, 0.25) is 0 Å². The van der Waals surface area contributed by atoms with Crippen molar-refractivity contribution in [3.8, 4) is 21.7 Å². The van der Waals surface area contributed by atoms with Gasteiger partial charge in [-0.05, 0) is 155 Å². The van der Waals surface area contributed by atoms with E-state index in [1.165, 1.54) is 72.5 Å². The highest BCUT2D eigenvalue weighted by Crippen LogP contribution is 2.51. The van der Waals surface area contributed by atoms with E-state index in [4.69, 9.17) is 9.40 Å². The minimum atomic E-state index is -0.165. The van der Waals surface area contributed by atoms with Crippen molar-refractivity contribution in [3.05, 3.63) is 167 Å². The van der Waals surface area contributed by atoms with Gasteiger partial charge in [0.15, 0.2) is 0 Å². The Morgan fingerprint density at radius 1 is 0.400 bits per heavy atom. The predicted octanol–water partition coefficient (Wildman–Crippen LogP) is 18.2. The molecule has 0 bridgehead atoms. The summed E-state index contributed by atoms with van der Waals surface area (Å²) < 4.78 is 6.54. The molecule has 11 rings (SSSR count). The molecule has 75 heavy (non-hydrogen) atoms. The normalized spacial score (nSPS) is 14.2. The summed E-state index contributed by atoms with van der Waals surface area (Å²) >= 11 is 1.82. The Kier molecular flexibility index (Phi) is 11.6. The highest BCUT2D eigenvalue weighted by atomic mass is 32.1. The van der Waals surface area contributed by atoms with Crippen molar-refractivity contribution in [2.75, 3.05) is 9.80 Å². The largest absolute Gasteiger partial charge is 0.456 e. The van der Waals surface area contributed by atoms with Crippen LogP contribution in [0.15, 0.2) is 138 Å². The molecule has 0 radical (unpaired) electrons. The van der Waals surface area contributed by atoms with Gasteiger partial charge in [0.05, 0.1) is 11.3 Å². The van der Waals surface area contributed by atoms with Crippen LogP contribution in [0.2, 0.25) is 0 Å². The van der Waals surface area contributed by atoms with Gasteiger partial charge in [0, 0.05) is 44.6 Å². The molecule has 0 unspecified atom stereocenters. The van der Waals surface area contributed by atoms with Gasteiger partial charge in [0.25, 0.3) is 6.71 Å². The lowest BCUT2D eigenvalue weighted by molar-refractivity contribution is 0.589. The fourth-order valence-corrected chi connectivity index (χ4v) is 12.4. The molecule has 4 nitrogen and oxygen atoms in total. The Bertz CT molecular complexity index is 3720. The molecule has 0 saturated carbocycles. The van der Waals surface area contributed by atoms with E-state index in [-0.39, 0.29) is 39.2 Å². The lowest BCUT2D eigenvalue weighted by Crippen LogP contribution is -2.62. The smallest absolute Gasteiger partial charge is 0.276 e. The highest BCUT2D eigenvalue weighted by Gasteiger charge is 2.47. The Labute approximate surface area is 452 Å². The predicted molar refractivity (Wildman–Crippen MR) is 326 cm³/mol. The third-order valence-corrected chi connectivity index (χ3v) is 17.2. The molecule has 2 aliphatic heterocycles. The number of hydrogen-bond acceptors (Lipinski definition) is 5. The zero-order valence-corrected chi connectivity index (χ0v) is 48.8. The average Bonchev–Trinajstić information content (AvgIpc) is 3.94. The van der Waals surface area contributed by atoms with Gasteiger partial charge < -0.3 is 14.2 Å². The molecule has 0 amide bonds. The second-order valence-electron chi connectivity index (χ2n) is 27.9. The second-order valence-corrected chi connectivity index (χ2v) is 28.9. The Morgan fingerprint density at radius 2 is 0.853 bits per heavy atom. The van der Waals surface area contributed by atoms with Crippen LogP contribution in [0.1, 0.15) is 158 Å². The topological polar surface area (TPSA) is 32.5 Å². The van der Waals surface area contributed by atoms with E-state index >= 15 is 0 Å². The first-order valence-electron chi connectivity index (χ1n) is 27.2. The number of nitrogens with zero attached hydrogens (tertiary/aromatic N) is 3. The molecule has 4 heterocycles. The van der Waals surface area contributed by atoms with Crippen molar-refractivity contribution in [2.24, 2.45) is 0 Å². The van der Waals surface area contributed by atoms with Gasteiger partial charge in [-0.15, -0.1) is 0 Å². The van der Waals surface area contributed by atoms with E-state index < -0.39 is 0 Å². The maximum Gasteiger partial charge on any atom is 0.276 e. The van der Waals surface area contributed by atoms with Crippen LogP contribution in [0.25, 0.3) is 43.6 Å². The van der Waals surface area contributed by atoms with Gasteiger partial charge in [-0.2, -0.15) is 0 Å². The van der Waals surface area contributed by atoms with E-state index in [9.17, 15) is 0 Å². The van der Waals surface area contributed by atoms with E-state index in [1.807, 2.05) is 11.3 Å². The molecule has 6 heteroatoms. The highest BCUT2D eigenvalue weighted by molar-refractivity contribution is 7.22. The molecule has 2 aliphatic rings. The Hall–Kier alpha value is -6.37. The van der Waals surface area contributed by atoms with Gasteiger partial charge in [-0.1, -0.05) is 197 Å². The third-order valence-electron chi connectivity index (χ3n) is 16.1. The van der Waals surface area contributed by atoms with Crippen LogP contribution in [0.5, 0.6) is 0 Å². The van der Waals surface area contributed by atoms with Crippen molar-refractivity contribution < 1.29 is 4.42 Å². The lowest BCUT2D eigenvalue weighted by atomic mass is 9.35. The van der Waals surface area contributed by atoms with Crippen LogP contribution in [0, 0.1) is 0 Å². The van der Waals surface area contributed by atoms with Crippen LogP contribution in [-0.2, 0) is 32.5 Å². The number of furan rings is 1. The number of thiazole rings is 1. The minimum Gasteiger partial charge on any atom is -0.456 e. The third kappa shape index (κ3) is 8.83. The van der Waals surface area contributed by atoms with Crippen LogP contribution in [0.3, 0.4) is 0 Å². The summed E-state index contributed by atoms with van der Waals surface area (Å²) in [5.41, 5.74) is 22.4. The van der Waals surface area contributed by atoms with Crippen molar-refractivity contribution in [1.82, 2.24) is 4.98 Å². The van der Waals surface area contributed by atoms with Crippen molar-refractivity contribution in [3.63, 3.8) is 0 Å². The molecule has 0 atom stereocenters. The van der Waals surface area contributed by atoms with Crippen molar-refractivity contribution in [2.45, 2.75) is 157 Å². The summed E-state index contributed by atoms with van der Waals surface area (Å²) in [6.45, 7) is 41.5. The summed E-state index contributed by atoms with van der Waals surface area (Å²) in [6.07, 6.45) is 0. The lowest BCUT2D eigenvalue weighted by Gasteiger charge is -2.44. The number of hydrogen-bond donors (Lipinski definition) is 0. The molecule has 0 saturated heterocycles. The molecule has 0 N–H and O–H groups in total. The van der Waals surface area contributed by atoms with Gasteiger partial charge in [0.1, 0.15) is 21.2 Å². The number of aromatic nitrogens is 1. The van der Waals surface area contributed by atoms with E-state index in [1.54, 1.807) is 0 Å². The van der Waals surface area contributed by atoms with E-state index in [0.29, 0.717) is 0 Å². The minimum absolute atomic E-state index is 0.00109. The van der Waals surface area contributed by atoms with Crippen molar-refractivity contribution in [1.29, 1.82) is 0 Å². The molecule has 2 aromatic heterocycles. The molecule has 0 fully saturated rings. The molecule has 7 aromatic carbocycles. The van der Waals surface area contributed by atoms with Crippen LogP contribution in [0.4, 0.5) is 33.4 Å². The van der Waals surface area contributed by atoms with Gasteiger partial charge in [-0.25, -0.2) is 4.98 Å². The average molecular weight is 1010 g/mol. The standard InChI is InChI=1S/C69H76BN3OS/c1-64(2,3)43-22-19-41(20-23-43)50-36-45(66(7,8)9)26-31-54(50)73-57-40-48(69(16,17)18)39-56-60(57)70(53-38-47(68(13,14)15)27-32-55(53)72(56)49-29-24-44(25-30-49)65(4,5)6)61-63(73)75-62(71-61)42-21-33-58-51(35-42)52-37-46(67(10,11)12)28-34-59(52)74-58/h19-40H,1-18H3. The molecule has 382 valence electrons. The van der Waals surface area contributed by atoms with Crippen LogP contribution >= 0.6 is 11.3 Å². The van der Waals surface area contributed by atoms with E-state index in [0.717, 1.165) is 54.5 Å². The first-order valence-corrected chi connectivity index (χ1v) is 28.0. The number of fused-ring (bicyclic) bond motifs is 7. The molecule has 9 aromatic rings. The summed E-state index contributed by atoms with van der Waals surface area (Å²) in [5.74, 6) is 0. The second kappa shape index (κ2) is 17.1. The van der Waals surface area contributed by atoms with Crippen molar-refractivity contribution >= 4 is 89.9 Å². The first kappa shape index (κ1) is 50.8. The monoisotopic (exact) mass is 1010 g/mol. The maximum absolute atomic E-state index is 6.54. The van der Waals surface area contributed by atoms with Gasteiger partial charge in [-0.3, -0.25) is 0 Å². The molecule has 0 aliphatic carbocycles. The van der Waals surface area contributed by atoms with Crippen LogP contribution in [-0.4, -0.2) is 11.7 Å². The molecule has 0 spiro atoms. The first-order chi connectivity index (χ1) is 34.9. The summed E-state index contributed by atoms with van der Waals surface area (Å²) in [4.78, 5) is 11.2. The summed E-state index contributed by atoms with van der Waals surface area (Å²) in [5, 5.41) is 4.40. The maximum atomic E-state index is 6.54. The fourth-order valence-electron chi connectivity index (χ4n) is 11.2. The quantitative estimate of drug-likeness (QED) is 0.165. The molecular formula is C69H76BN3OS. The number of rotatable bonds is 4. The zero-order valence-electron chi connectivity index (χ0n) is 47.9. The van der Waals surface area contributed by atoms with Gasteiger partial charge >= 0.3 is 0 Å². The van der Waals surface area contributed by atoms with Crippen LogP contribution < -0.4 is 26.3 Å². The zero-order chi connectivity index (χ0) is 53.7. The van der Waals surface area contributed by atoms with E-state index in [2.05, 4.69) is 268 Å². The SMILES string of the molecule is CC(C)(C)c1ccc(-c2cc(C(C)(C)C)ccc2N2c3cc(C(C)(C)C)cc4c3B(c3cc(C(C)(C)C)ccc3N4c3ccc(C(C)(C)C)cc3)c3nc(-c4ccc5oc6ccc(C(C)(C)C)cc6c5c4)sc32)cc1. The summed E-state index contributed by atoms with van der Waals surface area (Å²) in [6, 6.07) is 51.6. The fraction of sp³-hybridized carbons (Fsp3) is 0.348. The molecular weight excluding hydrogens is 930 g/mol.